The van der Waals surface area contributed by atoms with Crippen molar-refractivity contribution < 1.29 is 17.6 Å². The Labute approximate surface area is 136 Å². The van der Waals surface area contributed by atoms with Gasteiger partial charge in [-0.3, -0.25) is 9.36 Å². The van der Waals surface area contributed by atoms with E-state index in [4.69, 9.17) is 0 Å². The van der Waals surface area contributed by atoms with Crippen LogP contribution >= 0.6 is 0 Å². The molecule has 2 heterocycles. The highest BCUT2D eigenvalue weighted by Crippen LogP contribution is 2.17. The molecule has 3 rings (SSSR count). The van der Waals surface area contributed by atoms with E-state index in [-0.39, 0.29) is 16.3 Å². The van der Waals surface area contributed by atoms with E-state index in [9.17, 15) is 18.0 Å². The van der Waals surface area contributed by atoms with Gasteiger partial charge in [-0.15, -0.1) is 0 Å². The SMILES string of the molecule is CCCn1c(=O)[nH]c2cc(S(=O)(=O)NC(=O)c3cocn3)ccc21. The van der Waals surface area contributed by atoms with Crippen LogP contribution in [0.15, 0.2) is 45.0 Å². The topological polar surface area (TPSA) is 127 Å². The van der Waals surface area contributed by atoms with Gasteiger partial charge in [0, 0.05) is 6.54 Å². The minimum Gasteiger partial charge on any atom is -0.451 e. The van der Waals surface area contributed by atoms with Crippen LogP contribution in [0.5, 0.6) is 0 Å². The number of sulfonamides is 1. The molecule has 0 saturated heterocycles. The number of carbonyl (C=O) groups excluding carboxylic acids is 1. The fraction of sp³-hybridized carbons (Fsp3) is 0.214. The molecule has 0 saturated carbocycles. The third-order valence-corrected chi connectivity index (χ3v) is 4.72. The van der Waals surface area contributed by atoms with Crippen LogP contribution in [0.3, 0.4) is 0 Å². The summed E-state index contributed by atoms with van der Waals surface area (Å²) in [6.07, 6.45) is 2.83. The summed E-state index contributed by atoms with van der Waals surface area (Å²) in [4.78, 5) is 29.8. The number of imidazole rings is 1. The first-order valence-corrected chi connectivity index (χ1v) is 8.58. The van der Waals surface area contributed by atoms with Gasteiger partial charge in [0.15, 0.2) is 12.1 Å². The molecular formula is C14H14N4O5S. The molecule has 0 aliphatic heterocycles. The minimum absolute atomic E-state index is 0.142. The molecule has 10 heteroatoms. The predicted octanol–water partition coefficient (Wildman–Crippen LogP) is 0.846. The van der Waals surface area contributed by atoms with Gasteiger partial charge in [-0.25, -0.2) is 22.9 Å². The van der Waals surface area contributed by atoms with Crippen LogP contribution in [0.2, 0.25) is 0 Å². The van der Waals surface area contributed by atoms with E-state index in [2.05, 4.69) is 14.4 Å². The lowest BCUT2D eigenvalue weighted by molar-refractivity contribution is 0.0976. The number of hydrogen-bond donors (Lipinski definition) is 2. The molecule has 0 unspecified atom stereocenters. The van der Waals surface area contributed by atoms with Gasteiger partial charge in [0.1, 0.15) is 6.26 Å². The first-order chi connectivity index (χ1) is 11.4. The van der Waals surface area contributed by atoms with E-state index in [0.717, 1.165) is 19.1 Å². The van der Waals surface area contributed by atoms with E-state index in [1.807, 2.05) is 11.6 Å². The van der Waals surface area contributed by atoms with E-state index in [0.29, 0.717) is 17.6 Å². The van der Waals surface area contributed by atoms with Gasteiger partial charge in [-0.05, 0) is 24.6 Å². The number of nitrogens with one attached hydrogen (secondary N) is 2. The third-order valence-electron chi connectivity index (χ3n) is 3.40. The highest BCUT2D eigenvalue weighted by Gasteiger charge is 2.21. The molecule has 0 bridgehead atoms. The van der Waals surface area contributed by atoms with Crippen molar-refractivity contribution in [2.75, 3.05) is 0 Å². The Morgan fingerprint density at radius 2 is 2.21 bits per heavy atom. The highest BCUT2D eigenvalue weighted by molar-refractivity contribution is 7.90. The van der Waals surface area contributed by atoms with Gasteiger partial charge in [-0.2, -0.15) is 0 Å². The Hall–Kier alpha value is -2.88. The zero-order valence-corrected chi connectivity index (χ0v) is 13.5. The van der Waals surface area contributed by atoms with Crippen molar-refractivity contribution in [2.45, 2.75) is 24.8 Å². The van der Waals surface area contributed by atoms with Crippen molar-refractivity contribution in [1.82, 2.24) is 19.3 Å². The Morgan fingerprint density at radius 3 is 2.88 bits per heavy atom. The van der Waals surface area contributed by atoms with Crippen LogP contribution in [-0.2, 0) is 16.6 Å². The number of carbonyl (C=O) groups is 1. The van der Waals surface area contributed by atoms with Crippen LogP contribution in [0.1, 0.15) is 23.8 Å². The maximum Gasteiger partial charge on any atom is 0.326 e. The van der Waals surface area contributed by atoms with Gasteiger partial charge < -0.3 is 9.40 Å². The summed E-state index contributed by atoms with van der Waals surface area (Å²) in [6, 6.07) is 4.17. The number of rotatable bonds is 5. The summed E-state index contributed by atoms with van der Waals surface area (Å²) >= 11 is 0. The number of aromatic amines is 1. The van der Waals surface area contributed by atoms with Gasteiger partial charge >= 0.3 is 5.69 Å². The Morgan fingerprint density at radius 1 is 1.42 bits per heavy atom. The quantitative estimate of drug-likeness (QED) is 0.702. The average molecular weight is 350 g/mol. The minimum atomic E-state index is -4.11. The maximum atomic E-state index is 12.3. The van der Waals surface area contributed by atoms with Crippen molar-refractivity contribution in [3.8, 4) is 0 Å². The molecule has 1 amide bonds. The summed E-state index contributed by atoms with van der Waals surface area (Å²) < 4.78 is 32.7. The first-order valence-electron chi connectivity index (χ1n) is 7.10. The predicted molar refractivity (Wildman–Crippen MR) is 84.0 cm³/mol. The zero-order chi connectivity index (χ0) is 17.3. The average Bonchev–Trinajstić information content (AvgIpc) is 3.15. The molecule has 0 atom stereocenters. The molecule has 24 heavy (non-hydrogen) atoms. The maximum absolute atomic E-state index is 12.3. The normalized spacial score (nSPS) is 11.7. The number of nitrogens with zero attached hydrogens (tertiary/aromatic N) is 2. The molecule has 2 aromatic heterocycles. The number of oxazole rings is 1. The molecule has 0 spiro atoms. The van der Waals surface area contributed by atoms with Crippen molar-refractivity contribution in [2.24, 2.45) is 0 Å². The molecule has 2 N–H and O–H groups in total. The van der Waals surface area contributed by atoms with Crippen LogP contribution in [0.4, 0.5) is 0 Å². The van der Waals surface area contributed by atoms with Crippen molar-refractivity contribution in [3.63, 3.8) is 0 Å². The number of amides is 1. The molecule has 0 aliphatic rings. The lowest BCUT2D eigenvalue weighted by Gasteiger charge is -2.06. The lowest BCUT2D eigenvalue weighted by atomic mass is 10.3. The largest absolute Gasteiger partial charge is 0.451 e. The Bertz CT molecular complexity index is 1050. The molecular weight excluding hydrogens is 336 g/mol. The number of aryl methyl sites for hydroxylation is 1. The Kier molecular flexibility index (Phi) is 3.97. The molecule has 9 nitrogen and oxygen atoms in total. The van der Waals surface area contributed by atoms with Gasteiger partial charge in [0.05, 0.1) is 15.9 Å². The number of H-pyrrole nitrogens is 1. The third kappa shape index (κ3) is 2.83. The van der Waals surface area contributed by atoms with E-state index in [1.165, 1.54) is 22.8 Å². The number of hydrogen-bond acceptors (Lipinski definition) is 6. The summed E-state index contributed by atoms with van der Waals surface area (Å²) in [7, 11) is -4.11. The smallest absolute Gasteiger partial charge is 0.326 e. The standard InChI is InChI=1S/C14H14N4O5S/c1-2-5-18-12-4-3-9(6-10(12)16-14(18)20)24(21,22)17-13(19)11-7-23-8-15-11/h3-4,6-8H,2,5H2,1H3,(H,16,20)(H,17,19). The summed E-state index contributed by atoms with van der Waals surface area (Å²) in [5.74, 6) is -0.902. The van der Waals surface area contributed by atoms with Gasteiger partial charge in [0.25, 0.3) is 15.9 Å². The molecule has 3 aromatic rings. The number of fused-ring (bicyclic) bond motifs is 1. The summed E-state index contributed by atoms with van der Waals surface area (Å²) in [6.45, 7) is 2.46. The van der Waals surface area contributed by atoms with Crippen molar-refractivity contribution >= 4 is 27.0 Å². The summed E-state index contributed by atoms with van der Waals surface area (Å²) in [5, 5.41) is 0. The van der Waals surface area contributed by atoms with E-state index in [1.54, 1.807) is 0 Å². The van der Waals surface area contributed by atoms with Crippen molar-refractivity contribution in [1.29, 1.82) is 0 Å². The number of benzene rings is 1. The van der Waals surface area contributed by atoms with E-state index >= 15 is 0 Å². The van der Waals surface area contributed by atoms with E-state index < -0.39 is 15.9 Å². The van der Waals surface area contributed by atoms with Crippen LogP contribution in [0.25, 0.3) is 11.0 Å². The monoisotopic (exact) mass is 350 g/mol. The van der Waals surface area contributed by atoms with Gasteiger partial charge in [0.2, 0.25) is 0 Å². The van der Waals surface area contributed by atoms with Crippen LogP contribution in [0, 0.1) is 0 Å². The second kappa shape index (κ2) is 5.96. The molecule has 0 aliphatic carbocycles. The molecule has 0 radical (unpaired) electrons. The fourth-order valence-corrected chi connectivity index (χ4v) is 3.30. The molecule has 126 valence electrons. The van der Waals surface area contributed by atoms with Crippen molar-refractivity contribution in [3.05, 3.63) is 47.0 Å². The zero-order valence-electron chi connectivity index (χ0n) is 12.6. The molecule has 1 aromatic carbocycles. The number of aromatic nitrogens is 3. The van der Waals surface area contributed by atoms with Gasteiger partial charge in [-0.1, -0.05) is 6.92 Å². The second-order valence-corrected chi connectivity index (χ2v) is 6.75. The van der Waals surface area contributed by atoms with Crippen LogP contribution < -0.4 is 10.4 Å². The first kappa shape index (κ1) is 16.0. The second-order valence-electron chi connectivity index (χ2n) is 5.07. The highest BCUT2D eigenvalue weighted by atomic mass is 32.2. The molecule has 0 fully saturated rings. The lowest BCUT2D eigenvalue weighted by Crippen LogP contribution is -2.30. The fourth-order valence-electron chi connectivity index (χ4n) is 2.31. The Balaban J connectivity index is 1.96. The van der Waals surface area contributed by atoms with Crippen LogP contribution in [-0.4, -0.2) is 28.9 Å². The summed E-state index contributed by atoms with van der Waals surface area (Å²) in [5.41, 5.74) is 0.518.